The van der Waals surface area contributed by atoms with Crippen LogP contribution in [0.1, 0.15) is 104 Å². The van der Waals surface area contributed by atoms with E-state index in [9.17, 15) is 9.90 Å². The number of unbranched alkanes of at least 4 members (excludes halogenated alkanes) is 1. The lowest BCUT2D eigenvalue weighted by atomic mass is 9.84. The maximum absolute atomic E-state index is 11.5. The molecule has 0 radical (unpaired) electrons. The molecule has 3 nitrogen and oxygen atoms in total. The van der Waals surface area contributed by atoms with Crippen molar-refractivity contribution in [1.29, 1.82) is 0 Å². The molecule has 2 rings (SSSR count). The number of allylic oxidation sites excluding steroid dienone is 3. The number of aliphatic hydroxyl groups is 1. The van der Waals surface area contributed by atoms with Gasteiger partial charge in [0.05, 0.1) is 6.10 Å². The Morgan fingerprint density at radius 1 is 1.10 bits per heavy atom. The molecule has 1 unspecified atom stereocenters. The van der Waals surface area contributed by atoms with E-state index in [1.807, 2.05) is 6.92 Å². The van der Waals surface area contributed by atoms with Crippen LogP contribution < -0.4 is 5.32 Å². The molecular formula is C26H45NO2. The van der Waals surface area contributed by atoms with Crippen molar-refractivity contribution in [2.75, 3.05) is 6.54 Å². The van der Waals surface area contributed by atoms with E-state index in [-0.39, 0.29) is 12.0 Å². The molecule has 0 saturated heterocycles. The maximum Gasteiger partial charge on any atom is 0.219 e. The van der Waals surface area contributed by atoms with Crippen molar-refractivity contribution in [2.45, 2.75) is 110 Å². The van der Waals surface area contributed by atoms with E-state index in [0.717, 1.165) is 44.1 Å². The van der Waals surface area contributed by atoms with Crippen molar-refractivity contribution in [1.82, 2.24) is 5.32 Å². The van der Waals surface area contributed by atoms with Crippen LogP contribution in [0.25, 0.3) is 0 Å². The zero-order valence-corrected chi connectivity index (χ0v) is 19.0. The average Bonchev–Trinajstić information content (AvgIpc) is 3.19. The van der Waals surface area contributed by atoms with Gasteiger partial charge in [-0.1, -0.05) is 62.3 Å². The molecule has 2 N–H and O–H groups in total. The first-order valence-corrected chi connectivity index (χ1v) is 12.4. The molecule has 166 valence electrons. The Morgan fingerprint density at radius 2 is 1.90 bits per heavy atom. The van der Waals surface area contributed by atoms with Crippen molar-refractivity contribution < 1.29 is 9.90 Å². The summed E-state index contributed by atoms with van der Waals surface area (Å²) in [6.07, 6.45) is 23.1. The second-order valence-corrected chi connectivity index (χ2v) is 9.41. The fraction of sp³-hybridized carbons (Fsp3) is 0.808. The molecule has 0 heterocycles. The zero-order valence-electron chi connectivity index (χ0n) is 19.0. The highest BCUT2D eigenvalue weighted by atomic mass is 16.3. The summed E-state index contributed by atoms with van der Waals surface area (Å²) >= 11 is 0. The Bertz CT molecular complexity index is 519. The van der Waals surface area contributed by atoms with Crippen LogP contribution in [0.5, 0.6) is 0 Å². The number of hydrogen-bond acceptors (Lipinski definition) is 2. The highest BCUT2D eigenvalue weighted by Crippen LogP contribution is 2.39. The second kappa shape index (κ2) is 14.0. The van der Waals surface area contributed by atoms with Gasteiger partial charge in [0.1, 0.15) is 0 Å². The lowest BCUT2D eigenvalue weighted by Gasteiger charge is -2.23. The Labute approximate surface area is 179 Å². The van der Waals surface area contributed by atoms with Gasteiger partial charge in [0.2, 0.25) is 5.91 Å². The number of hydrogen-bond donors (Lipinski definition) is 2. The van der Waals surface area contributed by atoms with Gasteiger partial charge in [0.25, 0.3) is 0 Å². The molecule has 2 aliphatic rings. The molecule has 0 aromatic rings. The van der Waals surface area contributed by atoms with Gasteiger partial charge >= 0.3 is 0 Å². The zero-order chi connectivity index (χ0) is 20.9. The Kier molecular flexibility index (Phi) is 11.7. The minimum absolute atomic E-state index is 0.166. The van der Waals surface area contributed by atoms with Gasteiger partial charge in [0.15, 0.2) is 0 Å². The molecule has 2 fully saturated rings. The summed E-state index contributed by atoms with van der Waals surface area (Å²) in [7, 11) is 0. The van der Waals surface area contributed by atoms with Gasteiger partial charge in [-0.25, -0.2) is 0 Å². The summed E-state index contributed by atoms with van der Waals surface area (Å²) in [5.41, 5.74) is 1.41. The van der Waals surface area contributed by atoms with Crippen LogP contribution >= 0.6 is 0 Å². The first-order valence-electron chi connectivity index (χ1n) is 12.4. The van der Waals surface area contributed by atoms with E-state index in [4.69, 9.17) is 0 Å². The van der Waals surface area contributed by atoms with Crippen LogP contribution in [0.4, 0.5) is 0 Å². The van der Waals surface area contributed by atoms with Gasteiger partial charge < -0.3 is 10.4 Å². The highest BCUT2D eigenvalue weighted by Gasteiger charge is 2.27. The molecule has 0 aromatic heterocycles. The van der Waals surface area contributed by atoms with Crippen LogP contribution in [-0.2, 0) is 4.79 Å². The van der Waals surface area contributed by atoms with Gasteiger partial charge in [-0.2, -0.15) is 0 Å². The van der Waals surface area contributed by atoms with Crippen LogP contribution in [0.2, 0.25) is 0 Å². The van der Waals surface area contributed by atoms with Crippen molar-refractivity contribution in [3.05, 3.63) is 23.8 Å². The molecule has 0 spiro atoms. The van der Waals surface area contributed by atoms with E-state index < -0.39 is 0 Å². The summed E-state index contributed by atoms with van der Waals surface area (Å²) in [5, 5.41) is 13.4. The summed E-state index contributed by atoms with van der Waals surface area (Å²) < 4.78 is 0. The predicted molar refractivity (Wildman–Crippen MR) is 123 cm³/mol. The molecular weight excluding hydrogens is 358 g/mol. The van der Waals surface area contributed by atoms with Crippen LogP contribution in [0.15, 0.2) is 23.8 Å². The molecule has 2 aliphatic carbocycles. The molecule has 2 saturated carbocycles. The minimum atomic E-state index is -0.261. The largest absolute Gasteiger partial charge is 0.389 e. The first kappa shape index (κ1) is 24.2. The SMILES string of the molecule is CCNC(=O)CCC/C=C\C[C@H]1CCCC1/C(C)=C/[C@@H](O)CCC1CCCCC1. The number of nitrogens with one attached hydrogen (secondary N) is 1. The van der Waals surface area contributed by atoms with Gasteiger partial charge in [0, 0.05) is 13.0 Å². The summed E-state index contributed by atoms with van der Waals surface area (Å²) in [6.45, 7) is 4.92. The molecule has 0 aliphatic heterocycles. The number of amides is 1. The highest BCUT2D eigenvalue weighted by molar-refractivity contribution is 5.75. The number of carbonyl (C=O) groups is 1. The van der Waals surface area contributed by atoms with E-state index in [1.165, 1.54) is 63.4 Å². The third-order valence-corrected chi connectivity index (χ3v) is 7.05. The number of carbonyl (C=O) groups excluding carboxylic acids is 1. The third kappa shape index (κ3) is 9.51. The fourth-order valence-corrected chi connectivity index (χ4v) is 5.37. The number of aliphatic hydroxyl groups excluding tert-OH is 1. The lowest BCUT2D eigenvalue weighted by Crippen LogP contribution is -2.21. The molecule has 3 atom stereocenters. The summed E-state index contributed by atoms with van der Waals surface area (Å²) in [6, 6.07) is 0. The van der Waals surface area contributed by atoms with Crippen LogP contribution in [0.3, 0.4) is 0 Å². The quantitative estimate of drug-likeness (QED) is 0.296. The standard InChI is InChI=1S/C26H45NO2/c1-3-27-26(29)17-10-5-4-9-14-23-15-11-16-25(23)21(2)20-24(28)19-18-22-12-7-6-8-13-22/h4,9,20,22-25,28H,3,5-8,10-19H2,1-2H3,(H,27,29)/b9-4-,21-20+/t23-,24-,25?/m0/s1. The molecule has 3 heteroatoms. The topological polar surface area (TPSA) is 49.3 Å². The van der Waals surface area contributed by atoms with Gasteiger partial charge in [-0.05, 0) is 76.5 Å². The summed E-state index contributed by atoms with van der Waals surface area (Å²) in [4.78, 5) is 11.5. The third-order valence-electron chi connectivity index (χ3n) is 7.05. The van der Waals surface area contributed by atoms with Gasteiger partial charge in [-0.3, -0.25) is 4.79 Å². The van der Waals surface area contributed by atoms with Crippen LogP contribution in [-0.4, -0.2) is 23.7 Å². The Hall–Kier alpha value is -1.09. The van der Waals surface area contributed by atoms with Crippen molar-refractivity contribution in [2.24, 2.45) is 17.8 Å². The van der Waals surface area contributed by atoms with E-state index >= 15 is 0 Å². The van der Waals surface area contributed by atoms with Crippen molar-refractivity contribution in [3.63, 3.8) is 0 Å². The maximum atomic E-state index is 11.5. The first-order chi connectivity index (χ1) is 14.1. The molecule has 0 aromatic carbocycles. The monoisotopic (exact) mass is 403 g/mol. The van der Waals surface area contributed by atoms with Crippen molar-refractivity contribution >= 4 is 5.91 Å². The fourth-order valence-electron chi connectivity index (χ4n) is 5.37. The van der Waals surface area contributed by atoms with Gasteiger partial charge in [-0.15, -0.1) is 0 Å². The molecule has 1 amide bonds. The van der Waals surface area contributed by atoms with E-state index in [1.54, 1.807) is 0 Å². The van der Waals surface area contributed by atoms with E-state index in [2.05, 4.69) is 30.5 Å². The average molecular weight is 404 g/mol. The van der Waals surface area contributed by atoms with E-state index in [0.29, 0.717) is 12.3 Å². The number of rotatable bonds is 12. The molecule has 29 heavy (non-hydrogen) atoms. The summed E-state index contributed by atoms with van der Waals surface area (Å²) in [5.74, 6) is 2.37. The molecule has 0 bridgehead atoms. The Balaban J connectivity index is 1.68. The normalized spacial score (nSPS) is 24.9. The minimum Gasteiger partial charge on any atom is -0.389 e. The van der Waals surface area contributed by atoms with Crippen LogP contribution in [0, 0.1) is 17.8 Å². The smallest absolute Gasteiger partial charge is 0.219 e. The second-order valence-electron chi connectivity index (χ2n) is 9.41. The predicted octanol–water partition coefficient (Wildman–Crippen LogP) is 6.32. The van der Waals surface area contributed by atoms with Crippen molar-refractivity contribution in [3.8, 4) is 0 Å². The Morgan fingerprint density at radius 3 is 2.66 bits per heavy atom. The lowest BCUT2D eigenvalue weighted by molar-refractivity contribution is -0.121.